The number of fused-ring (bicyclic) bond motifs is 1. The predicted octanol–water partition coefficient (Wildman–Crippen LogP) is 2.35. The van der Waals surface area contributed by atoms with E-state index in [1.807, 2.05) is 0 Å². The molecule has 0 atom stereocenters. The van der Waals surface area contributed by atoms with E-state index in [0.717, 1.165) is 0 Å². The Morgan fingerprint density at radius 3 is 2.80 bits per heavy atom. The van der Waals surface area contributed by atoms with Crippen LogP contribution >= 0.6 is 0 Å². The molecule has 2 aromatic carbocycles. The van der Waals surface area contributed by atoms with E-state index in [1.54, 1.807) is 18.2 Å². The van der Waals surface area contributed by atoms with E-state index in [-0.39, 0.29) is 24.8 Å². The first kappa shape index (κ1) is 16.4. The zero-order valence-corrected chi connectivity index (χ0v) is 13.2. The number of benzene rings is 2. The predicted molar refractivity (Wildman–Crippen MR) is 86.3 cm³/mol. The normalized spacial score (nSPS) is 11.7. The lowest BCUT2D eigenvalue weighted by Gasteiger charge is -2.09. The van der Waals surface area contributed by atoms with Crippen molar-refractivity contribution >= 4 is 17.3 Å². The molecule has 1 amide bonds. The molecule has 0 fully saturated rings. The molecule has 9 nitrogen and oxygen atoms in total. The molecule has 25 heavy (non-hydrogen) atoms. The number of hydrogen-bond donors (Lipinski definition) is 1. The lowest BCUT2D eigenvalue weighted by atomic mass is 10.2. The molecule has 1 heterocycles. The van der Waals surface area contributed by atoms with Crippen molar-refractivity contribution in [1.29, 1.82) is 0 Å². The monoisotopic (exact) mass is 346 g/mol. The number of carbonyl (C=O) groups is 1. The molecule has 0 saturated carbocycles. The van der Waals surface area contributed by atoms with Gasteiger partial charge in [0, 0.05) is 11.8 Å². The second-order valence-electron chi connectivity index (χ2n) is 5.00. The SMILES string of the molecule is COc1ccc(OCC(=O)Nc2ccc3c(c2)OCO3)c([N+](=O)[O-])c1. The summed E-state index contributed by atoms with van der Waals surface area (Å²) < 4.78 is 20.6. The number of nitrogens with one attached hydrogen (secondary N) is 1. The highest BCUT2D eigenvalue weighted by molar-refractivity contribution is 5.92. The maximum Gasteiger partial charge on any atom is 0.314 e. The van der Waals surface area contributed by atoms with Crippen LogP contribution in [0.15, 0.2) is 36.4 Å². The molecule has 130 valence electrons. The van der Waals surface area contributed by atoms with Crippen LogP contribution in [0.2, 0.25) is 0 Å². The smallest absolute Gasteiger partial charge is 0.314 e. The van der Waals surface area contributed by atoms with E-state index < -0.39 is 10.8 Å². The summed E-state index contributed by atoms with van der Waals surface area (Å²) in [5.41, 5.74) is 0.220. The summed E-state index contributed by atoms with van der Waals surface area (Å²) >= 11 is 0. The Morgan fingerprint density at radius 1 is 1.24 bits per heavy atom. The van der Waals surface area contributed by atoms with E-state index in [9.17, 15) is 14.9 Å². The van der Waals surface area contributed by atoms with E-state index in [4.69, 9.17) is 18.9 Å². The third-order valence-electron chi connectivity index (χ3n) is 3.38. The molecule has 1 N–H and O–H groups in total. The van der Waals surface area contributed by atoms with Crippen LogP contribution in [-0.2, 0) is 4.79 Å². The highest BCUT2D eigenvalue weighted by Crippen LogP contribution is 2.34. The maximum atomic E-state index is 12.0. The van der Waals surface area contributed by atoms with Gasteiger partial charge in [-0.15, -0.1) is 0 Å². The first-order valence-electron chi connectivity index (χ1n) is 7.21. The van der Waals surface area contributed by atoms with Gasteiger partial charge in [-0.3, -0.25) is 14.9 Å². The summed E-state index contributed by atoms with van der Waals surface area (Å²) in [7, 11) is 1.40. The van der Waals surface area contributed by atoms with Crippen LogP contribution < -0.4 is 24.3 Å². The lowest BCUT2D eigenvalue weighted by molar-refractivity contribution is -0.385. The average molecular weight is 346 g/mol. The number of nitro benzene ring substituents is 1. The van der Waals surface area contributed by atoms with Crippen LogP contribution in [0.3, 0.4) is 0 Å². The minimum absolute atomic E-state index is 0.0216. The zero-order valence-electron chi connectivity index (χ0n) is 13.2. The minimum atomic E-state index is -0.604. The number of methoxy groups -OCH3 is 1. The van der Waals surface area contributed by atoms with Crippen molar-refractivity contribution in [2.45, 2.75) is 0 Å². The number of amides is 1. The summed E-state index contributed by atoms with van der Waals surface area (Å²) in [6, 6.07) is 9.07. The Hall–Kier alpha value is -3.49. The van der Waals surface area contributed by atoms with Gasteiger partial charge in [-0.2, -0.15) is 0 Å². The van der Waals surface area contributed by atoms with Crippen LogP contribution in [0.4, 0.5) is 11.4 Å². The fourth-order valence-electron chi connectivity index (χ4n) is 2.20. The third kappa shape index (κ3) is 3.71. The molecule has 0 aromatic heterocycles. The lowest BCUT2D eigenvalue weighted by Crippen LogP contribution is -2.20. The van der Waals surface area contributed by atoms with Gasteiger partial charge in [0.15, 0.2) is 23.9 Å². The number of rotatable bonds is 6. The Bertz CT molecular complexity index is 822. The Labute approximate surface area is 142 Å². The molecule has 0 aliphatic carbocycles. The number of anilines is 1. The van der Waals surface area contributed by atoms with Crippen molar-refractivity contribution in [2.75, 3.05) is 25.8 Å². The summed E-state index contributed by atoms with van der Waals surface area (Å²) in [6.07, 6.45) is 0. The van der Waals surface area contributed by atoms with E-state index in [0.29, 0.717) is 22.9 Å². The van der Waals surface area contributed by atoms with Gasteiger partial charge in [0.1, 0.15) is 5.75 Å². The topological polar surface area (TPSA) is 109 Å². The molecule has 3 rings (SSSR count). The molecule has 1 aliphatic heterocycles. The largest absolute Gasteiger partial charge is 0.496 e. The first-order chi connectivity index (χ1) is 12.1. The fraction of sp³-hybridized carbons (Fsp3) is 0.188. The minimum Gasteiger partial charge on any atom is -0.496 e. The average Bonchev–Trinajstić information content (AvgIpc) is 3.07. The van der Waals surface area contributed by atoms with Gasteiger partial charge >= 0.3 is 5.69 Å². The number of nitrogens with zero attached hydrogens (tertiary/aromatic N) is 1. The molecule has 9 heteroatoms. The van der Waals surface area contributed by atoms with Crippen LogP contribution in [-0.4, -0.2) is 31.3 Å². The molecule has 0 unspecified atom stereocenters. The maximum absolute atomic E-state index is 12.0. The van der Waals surface area contributed by atoms with Crippen molar-refractivity contribution in [3.8, 4) is 23.0 Å². The summed E-state index contributed by atoms with van der Waals surface area (Å²) in [5, 5.41) is 13.7. The van der Waals surface area contributed by atoms with Crippen molar-refractivity contribution in [1.82, 2.24) is 0 Å². The first-order valence-corrected chi connectivity index (χ1v) is 7.21. The molecule has 0 radical (unpaired) electrons. The molecule has 0 bridgehead atoms. The Balaban J connectivity index is 1.63. The van der Waals surface area contributed by atoms with Crippen LogP contribution in [0.25, 0.3) is 0 Å². The van der Waals surface area contributed by atoms with Crippen molar-refractivity contribution in [3.63, 3.8) is 0 Å². The fourth-order valence-corrected chi connectivity index (χ4v) is 2.20. The number of carbonyl (C=O) groups excluding carboxylic acids is 1. The zero-order chi connectivity index (χ0) is 17.8. The van der Waals surface area contributed by atoms with Gasteiger partial charge in [-0.25, -0.2) is 0 Å². The molecular formula is C16H14N2O7. The van der Waals surface area contributed by atoms with Crippen molar-refractivity contribution in [3.05, 3.63) is 46.5 Å². The van der Waals surface area contributed by atoms with Crippen molar-refractivity contribution in [2.24, 2.45) is 0 Å². The Morgan fingerprint density at radius 2 is 2.04 bits per heavy atom. The molecular weight excluding hydrogens is 332 g/mol. The Kier molecular flexibility index (Phi) is 4.55. The second kappa shape index (κ2) is 6.95. The molecule has 0 spiro atoms. The van der Waals surface area contributed by atoms with Crippen LogP contribution in [0, 0.1) is 10.1 Å². The number of ether oxygens (including phenoxy) is 4. The third-order valence-corrected chi connectivity index (χ3v) is 3.38. The van der Waals surface area contributed by atoms with E-state index in [1.165, 1.54) is 25.3 Å². The molecule has 1 aliphatic rings. The highest BCUT2D eigenvalue weighted by Gasteiger charge is 2.18. The molecule has 2 aromatic rings. The van der Waals surface area contributed by atoms with Crippen LogP contribution in [0.5, 0.6) is 23.0 Å². The van der Waals surface area contributed by atoms with Crippen molar-refractivity contribution < 1.29 is 28.7 Å². The van der Waals surface area contributed by atoms with Gasteiger partial charge in [-0.05, 0) is 24.3 Å². The molecule has 0 saturated heterocycles. The number of nitro groups is 1. The standard InChI is InChI=1S/C16H14N2O7/c1-22-11-3-5-13(12(7-11)18(20)21)23-8-16(19)17-10-2-4-14-15(6-10)25-9-24-14/h2-7H,8-9H2,1H3,(H,17,19). The van der Waals surface area contributed by atoms with Gasteiger partial charge in [0.05, 0.1) is 18.1 Å². The van der Waals surface area contributed by atoms with Gasteiger partial charge in [-0.1, -0.05) is 0 Å². The van der Waals surface area contributed by atoms with Gasteiger partial charge < -0.3 is 24.3 Å². The van der Waals surface area contributed by atoms with E-state index in [2.05, 4.69) is 5.32 Å². The highest BCUT2D eigenvalue weighted by atomic mass is 16.7. The summed E-state index contributed by atoms with van der Waals surface area (Å²) in [6.45, 7) is -0.251. The van der Waals surface area contributed by atoms with Gasteiger partial charge in [0.25, 0.3) is 5.91 Å². The van der Waals surface area contributed by atoms with Crippen LogP contribution in [0.1, 0.15) is 0 Å². The number of hydrogen-bond acceptors (Lipinski definition) is 7. The quantitative estimate of drug-likeness (QED) is 0.631. The van der Waals surface area contributed by atoms with E-state index >= 15 is 0 Å². The summed E-state index contributed by atoms with van der Waals surface area (Å²) in [4.78, 5) is 22.5. The summed E-state index contributed by atoms with van der Waals surface area (Å²) in [5.74, 6) is 0.965. The second-order valence-corrected chi connectivity index (χ2v) is 5.00. The van der Waals surface area contributed by atoms with Gasteiger partial charge in [0.2, 0.25) is 6.79 Å².